The molecular formula is C9H15N3O2. The number of H-pyrrole nitrogens is 1. The molecule has 0 spiro atoms. The zero-order valence-corrected chi connectivity index (χ0v) is 8.40. The van der Waals surface area contributed by atoms with Gasteiger partial charge >= 0.3 is 0 Å². The Balaban J connectivity index is 2.78. The Kier molecular flexibility index (Phi) is 3.64. The van der Waals surface area contributed by atoms with Crippen molar-refractivity contribution in [2.24, 2.45) is 0 Å². The summed E-state index contributed by atoms with van der Waals surface area (Å²) in [4.78, 5) is 12.7. The molecular weight excluding hydrogens is 182 g/mol. The Morgan fingerprint density at radius 3 is 2.79 bits per heavy atom. The molecule has 0 bridgehead atoms. The molecule has 5 nitrogen and oxygen atoms in total. The molecule has 1 heterocycles. The molecule has 78 valence electrons. The molecule has 0 amide bonds. The monoisotopic (exact) mass is 197 g/mol. The summed E-state index contributed by atoms with van der Waals surface area (Å²) in [5, 5.41) is 15.5. The minimum absolute atomic E-state index is 0.221. The van der Waals surface area contributed by atoms with Crippen LogP contribution in [0.3, 0.4) is 0 Å². The van der Waals surface area contributed by atoms with Gasteiger partial charge in [0.2, 0.25) is 0 Å². The van der Waals surface area contributed by atoms with E-state index in [1.807, 2.05) is 11.8 Å². The molecule has 0 fully saturated rings. The van der Waals surface area contributed by atoms with Gasteiger partial charge in [-0.1, -0.05) is 0 Å². The Labute approximate surface area is 82.4 Å². The number of aliphatic hydroxyl groups excluding tert-OH is 1. The van der Waals surface area contributed by atoms with Crippen LogP contribution in [0.15, 0.2) is 16.9 Å². The Hall–Kier alpha value is -1.36. The highest BCUT2D eigenvalue weighted by molar-refractivity contribution is 5.35. The van der Waals surface area contributed by atoms with Crippen LogP contribution in [0.2, 0.25) is 0 Å². The highest BCUT2D eigenvalue weighted by atomic mass is 16.3. The molecule has 5 heteroatoms. The summed E-state index contributed by atoms with van der Waals surface area (Å²) in [5.74, 6) is 0.674. The van der Waals surface area contributed by atoms with Crippen LogP contribution in [0.25, 0.3) is 0 Å². The topological polar surface area (TPSA) is 69.2 Å². The van der Waals surface area contributed by atoms with Gasteiger partial charge in [-0.15, -0.1) is 0 Å². The van der Waals surface area contributed by atoms with Gasteiger partial charge < -0.3 is 10.0 Å². The van der Waals surface area contributed by atoms with Gasteiger partial charge in [-0.25, -0.2) is 5.10 Å². The van der Waals surface area contributed by atoms with Crippen LogP contribution >= 0.6 is 0 Å². The van der Waals surface area contributed by atoms with Gasteiger partial charge in [0.05, 0.1) is 6.10 Å². The number of nitrogens with zero attached hydrogens (tertiary/aromatic N) is 2. The van der Waals surface area contributed by atoms with Crippen molar-refractivity contribution in [1.29, 1.82) is 0 Å². The molecule has 1 atom stereocenters. The van der Waals surface area contributed by atoms with Crippen molar-refractivity contribution in [2.45, 2.75) is 20.0 Å². The molecule has 0 radical (unpaired) electrons. The minimum Gasteiger partial charge on any atom is -0.392 e. The molecule has 1 aromatic rings. The van der Waals surface area contributed by atoms with Crippen LogP contribution in [-0.2, 0) is 0 Å². The molecule has 0 aliphatic heterocycles. The highest BCUT2D eigenvalue weighted by Gasteiger charge is 2.08. The number of hydrogen-bond donors (Lipinski definition) is 2. The summed E-state index contributed by atoms with van der Waals surface area (Å²) in [6, 6.07) is 3.07. The van der Waals surface area contributed by atoms with Crippen LogP contribution in [0.5, 0.6) is 0 Å². The highest BCUT2D eigenvalue weighted by Crippen LogP contribution is 2.06. The number of rotatable bonds is 4. The Bertz CT molecular complexity index is 315. The first-order chi connectivity index (χ1) is 6.63. The molecule has 2 N–H and O–H groups in total. The number of aromatic amines is 1. The second kappa shape index (κ2) is 4.76. The lowest BCUT2D eigenvalue weighted by Crippen LogP contribution is -2.32. The number of aromatic nitrogens is 2. The molecule has 1 rings (SSSR count). The predicted octanol–water partition coefficient (Wildman–Crippen LogP) is -0.0230. The molecule has 1 aromatic heterocycles. The number of hydrogen-bond acceptors (Lipinski definition) is 4. The van der Waals surface area contributed by atoms with Gasteiger partial charge in [0.25, 0.3) is 5.56 Å². The molecule has 0 aliphatic rings. The third kappa shape index (κ3) is 2.85. The van der Waals surface area contributed by atoms with E-state index < -0.39 is 6.10 Å². The van der Waals surface area contributed by atoms with E-state index >= 15 is 0 Å². The summed E-state index contributed by atoms with van der Waals surface area (Å²) in [5.41, 5.74) is -0.221. The largest absolute Gasteiger partial charge is 0.392 e. The fourth-order valence-electron chi connectivity index (χ4n) is 1.22. The Morgan fingerprint density at radius 1 is 1.64 bits per heavy atom. The zero-order valence-electron chi connectivity index (χ0n) is 8.40. The van der Waals surface area contributed by atoms with Gasteiger partial charge in [0.15, 0.2) is 0 Å². The number of aliphatic hydroxyl groups is 1. The lowest BCUT2D eigenvalue weighted by Gasteiger charge is -2.22. The van der Waals surface area contributed by atoms with Crippen LogP contribution in [0, 0.1) is 0 Å². The average Bonchev–Trinajstić information content (AvgIpc) is 2.15. The van der Waals surface area contributed by atoms with Gasteiger partial charge in [0, 0.05) is 19.2 Å². The van der Waals surface area contributed by atoms with Crippen molar-refractivity contribution in [3.63, 3.8) is 0 Å². The summed E-state index contributed by atoms with van der Waals surface area (Å²) >= 11 is 0. The average molecular weight is 197 g/mol. The third-order valence-electron chi connectivity index (χ3n) is 1.85. The van der Waals surface area contributed by atoms with E-state index in [4.69, 9.17) is 0 Å². The quantitative estimate of drug-likeness (QED) is 0.711. The standard InChI is InChI=1S/C9H15N3O2/c1-3-12(6-7(2)13)8-4-5-9(14)11-10-8/h4-5,7,13H,3,6H2,1-2H3,(H,11,14). The maximum atomic E-state index is 10.8. The predicted molar refractivity (Wildman–Crippen MR) is 54.4 cm³/mol. The fourth-order valence-corrected chi connectivity index (χ4v) is 1.22. The van der Waals surface area contributed by atoms with Crippen molar-refractivity contribution in [3.05, 3.63) is 22.5 Å². The summed E-state index contributed by atoms with van der Waals surface area (Å²) < 4.78 is 0. The van der Waals surface area contributed by atoms with Crippen molar-refractivity contribution in [2.75, 3.05) is 18.0 Å². The first-order valence-electron chi connectivity index (χ1n) is 4.62. The third-order valence-corrected chi connectivity index (χ3v) is 1.85. The van der Waals surface area contributed by atoms with Crippen LogP contribution in [0.4, 0.5) is 5.82 Å². The smallest absolute Gasteiger partial charge is 0.264 e. The molecule has 0 aliphatic carbocycles. The van der Waals surface area contributed by atoms with Crippen molar-refractivity contribution in [1.82, 2.24) is 10.2 Å². The zero-order chi connectivity index (χ0) is 10.6. The maximum Gasteiger partial charge on any atom is 0.264 e. The van der Waals surface area contributed by atoms with Crippen molar-refractivity contribution in [3.8, 4) is 0 Å². The Morgan fingerprint density at radius 2 is 2.36 bits per heavy atom. The SMILES string of the molecule is CCN(CC(C)O)c1ccc(=O)[nH]n1. The van der Waals surface area contributed by atoms with E-state index in [1.165, 1.54) is 6.07 Å². The van der Waals surface area contributed by atoms with Gasteiger partial charge in [-0.2, -0.15) is 5.10 Å². The summed E-state index contributed by atoms with van der Waals surface area (Å²) in [7, 11) is 0. The number of anilines is 1. The summed E-state index contributed by atoms with van der Waals surface area (Å²) in [6.07, 6.45) is -0.413. The summed E-state index contributed by atoms with van der Waals surface area (Å²) in [6.45, 7) is 4.93. The molecule has 1 unspecified atom stereocenters. The molecule has 0 saturated heterocycles. The van der Waals surface area contributed by atoms with Crippen molar-refractivity contribution < 1.29 is 5.11 Å². The van der Waals surface area contributed by atoms with Crippen molar-refractivity contribution >= 4 is 5.82 Å². The lowest BCUT2D eigenvalue weighted by atomic mass is 10.3. The second-order valence-electron chi connectivity index (χ2n) is 3.17. The van der Waals surface area contributed by atoms with E-state index in [9.17, 15) is 9.90 Å². The molecule has 14 heavy (non-hydrogen) atoms. The van der Waals surface area contributed by atoms with E-state index in [1.54, 1.807) is 13.0 Å². The first-order valence-corrected chi connectivity index (χ1v) is 4.62. The van der Waals surface area contributed by atoms with Crippen LogP contribution < -0.4 is 10.5 Å². The van der Waals surface area contributed by atoms with Crippen LogP contribution in [0.1, 0.15) is 13.8 Å². The van der Waals surface area contributed by atoms with E-state index in [2.05, 4.69) is 10.2 Å². The number of nitrogens with one attached hydrogen (secondary N) is 1. The van der Waals surface area contributed by atoms with Gasteiger partial charge in [-0.05, 0) is 19.9 Å². The fraction of sp³-hybridized carbons (Fsp3) is 0.556. The van der Waals surface area contributed by atoms with E-state index in [0.717, 1.165) is 6.54 Å². The van der Waals surface area contributed by atoms with E-state index in [-0.39, 0.29) is 5.56 Å². The normalized spacial score (nSPS) is 12.5. The lowest BCUT2D eigenvalue weighted by molar-refractivity contribution is 0.200. The second-order valence-corrected chi connectivity index (χ2v) is 3.17. The molecule has 0 saturated carbocycles. The van der Waals surface area contributed by atoms with Gasteiger partial charge in [0.1, 0.15) is 5.82 Å². The van der Waals surface area contributed by atoms with Gasteiger partial charge in [-0.3, -0.25) is 4.79 Å². The first kappa shape index (κ1) is 10.7. The molecule has 0 aromatic carbocycles. The maximum absolute atomic E-state index is 10.8. The minimum atomic E-state index is -0.413. The number of likely N-dealkylation sites (N-methyl/N-ethyl adjacent to an activating group) is 1. The van der Waals surface area contributed by atoms with E-state index in [0.29, 0.717) is 12.4 Å². The van der Waals surface area contributed by atoms with Crippen LogP contribution in [-0.4, -0.2) is 34.5 Å².